The number of Topliss-reactive ketones (excluding diaryl/α,β-unsaturated/α-hetero) is 2. The molecule has 0 saturated carbocycles. The summed E-state index contributed by atoms with van der Waals surface area (Å²) in [5.74, 6) is 0.772. The maximum absolute atomic E-state index is 13.0. The van der Waals surface area contributed by atoms with Crippen LogP contribution < -0.4 is 0 Å². The van der Waals surface area contributed by atoms with Crippen molar-refractivity contribution in [3.05, 3.63) is 140 Å². The largest absolute Gasteiger partial charge is 0.716 e. The quantitative estimate of drug-likeness (QED) is 0.0344. The highest BCUT2D eigenvalue weighted by atomic mass is 32.3. The Labute approximate surface area is 377 Å². The van der Waals surface area contributed by atoms with Crippen LogP contribution in [0, 0.1) is 5.92 Å². The van der Waals surface area contributed by atoms with E-state index >= 15 is 0 Å². The molecule has 0 spiro atoms. The Morgan fingerprint density at radius 2 is 0.919 bits per heavy atom. The standard InChI is InChI=1S/C55H80O6S/c1-41(23-14-24-43(3)27-16-28-45(5)31-18-32-47(7)35-20-36-49(9)61-62(58,59)60)21-13-22-42(2)25-15-26-44(4)29-17-30-46(6)33-19-34-48(8)39-40-51-50(10)54(56)52-37-11-12-38-53(52)55(51)57/h11-12,21,24-25,28-29,32,36-39,46H,13-20,22-23,26-27,30-31,33-35,40H2,1-10H3,(H,58,59,60)/p-1/b41-21+,42-25+,43-24+,44-29+,45-28+,47-32+,48-39+,49-36+/t46-/m1/s1. The third-order valence-electron chi connectivity index (χ3n) is 11.9. The van der Waals surface area contributed by atoms with Crippen molar-refractivity contribution in [3.8, 4) is 0 Å². The number of rotatable bonds is 29. The molecule has 0 N–H and O–H groups in total. The van der Waals surface area contributed by atoms with E-state index in [1.54, 1.807) is 25.1 Å². The molecule has 0 saturated heterocycles. The molecule has 0 radical (unpaired) electrons. The van der Waals surface area contributed by atoms with Gasteiger partial charge in [0.25, 0.3) is 10.4 Å². The zero-order valence-corrected chi connectivity index (χ0v) is 40.9. The monoisotopic (exact) mass is 868 g/mol. The van der Waals surface area contributed by atoms with Crippen LogP contribution in [0.5, 0.6) is 0 Å². The van der Waals surface area contributed by atoms with Gasteiger partial charge in [-0.3, -0.25) is 9.59 Å². The van der Waals surface area contributed by atoms with Crippen LogP contribution in [0.2, 0.25) is 0 Å². The number of hydrogen-bond acceptors (Lipinski definition) is 6. The Kier molecular flexibility index (Phi) is 25.6. The summed E-state index contributed by atoms with van der Waals surface area (Å²) in [7, 11) is -4.70. The Morgan fingerprint density at radius 1 is 0.548 bits per heavy atom. The van der Waals surface area contributed by atoms with E-state index in [9.17, 15) is 22.6 Å². The van der Waals surface area contributed by atoms with Crippen LogP contribution in [0.3, 0.4) is 0 Å². The molecule has 0 fully saturated rings. The molecule has 342 valence electrons. The Hall–Kier alpha value is -4.07. The van der Waals surface area contributed by atoms with E-state index in [0.29, 0.717) is 41.0 Å². The first-order valence-electron chi connectivity index (χ1n) is 23.2. The summed E-state index contributed by atoms with van der Waals surface area (Å²) >= 11 is 0. The number of allylic oxidation sites excluding steroid dienone is 18. The molecule has 1 atom stereocenters. The summed E-state index contributed by atoms with van der Waals surface area (Å²) in [5.41, 5.74) is 12.1. The molecule has 1 aromatic carbocycles. The molecule has 2 rings (SSSR count). The molecule has 6 nitrogen and oxygen atoms in total. The fourth-order valence-corrected chi connectivity index (χ4v) is 8.09. The summed E-state index contributed by atoms with van der Waals surface area (Å²) in [6, 6.07) is 7.15. The highest BCUT2D eigenvalue weighted by molar-refractivity contribution is 7.80. The highest BCUT2D eigenvalue weighted by Crippen LogP contribution is 2.29. The molecule has 0 unspecified atom stereocenters. The Morgan fingerprint density at radius 3 is 1.34 bits per heavy atom. The van der Waals surface area contributed by atoms with Gasteiger partial charge in [0.2, 0.25) is 0 Å². The highest BCUT2D eigenvalue weighted by Gasteiger charge is 2.28. The Bertz CT molecular complexity index is 2020. The summed E-state index contributed by atoms with van der Waals surface area (Å²) in [4.78, 5) is 25.8. The van der Waals surface area contributed by atoms with Gasteiger partial charge in [-0.1, -0.05) is 119 Å². The van der Waals surface area contributed by atoms with Crippen molar-refractivity contribution in [1.82, 2.24) is 0 Å². The van der Waals surface area contributed by atoms with Crippen molar-refractivity contribution < 1.29 is 26.7 Å². The zero-order chi connectivity index (χ0) is 46.1. The second-order valence-corrected chi connectivity index (χ2v) is 19.0. The molecule has 0 bridgehead atoms. The third kappa shape index (κ3) is 23.4. The normalized spacial score (nSPS) is 16.0. The van der Waals surface area contributed by atoms with Crippen molar-refractivity contribution in [2.75, 3.05) is 0 Å². The van der Waals surface area contributed by atoms with Crippen LogP contribution in [-0.2, 0) is 14.6 Å². The smallest absolute Gasteiger partial charge is 0.262 e. The van der Waals surface area contributed by atoms with Gasteiger partial charge in [0.15, 0.2) is 11.6 Å². The summed E-state index contributed by atoms with van der Waals surface area (Å²) in [6.07, 6.45) is 36.5. The first-order valence-corrected chi connectivity index (χ1v) is 24.5. The number of fused-ring (bicyclic) bond motifs is 1. The van der Waals surface area contributed by atoms with Crippen molar-refractivity contribution in [2.24, 2.45) is 5.92 Å². The number of carbonyl (C=O) groups is 2. The van der Waals surface area contributed by atoms with Gasteiger partial charge < -0.3 is 8.74 Å². The fraction of sp³-hybridized carbons (Fsp3) is 0.527. The van der Waals surface area contributed by atoms with Crippen LogP contribution in [0.15, 0.2) is 129 Å². The summed E-state index contributed by atoms with van der Waals surface area (Å²) in [6.45, 7) is 21.1. The lowest BCUT2D eigenvalue weighted by molar-refractivity contribution is 0.0973. The van der Waals surface area contributed by atoms with Crippen LogP contribution in [-0.4, -0.2) is 24.5 Å². The van der Waals surface area contributed by atoms with Gasteiger partial charge in [-0.25, -0.2) is 8.42 Å². The molecule has 0 aromatic heterocycles. The lowest BCUT2D eigenvalue weighted by Gasteiger charge is -2.18. The first-order chi connectivity index (χ1) is 29.4. The van der Waals surface area contributed by atoms with E-state index in [-0.39, 0.29) is 17.3 Å². The van der Waals surface area contributed by atoms with Crippen LogP contribution >= 0.6 is 0 Å². The number of carbonyl (C=O) groups excluding carboxylic acids is 2. The summed E-state index contributed by atoms with van der Waals surface area (Å²) in [5, 5.41) is 0. The number of hydrogen-bond donors (Lipinski definition) is 0. The van der Waals surface area contributed by atoms with Gasteiger partial charge in [0.1, 0.15) is 5.76 Å². The van der Waals surface area contributed by atoms with E-state index in [1.807, 2.05) is 12.1 Å². The van der Waals surface area contributed by atoms with E-state index in [4.69, 9.17) is 0 Å². The lowest BCUT2D eigenvalue weighted by atomic mass is 9.83. The van der Waals surface area contributed by atoms with E-state index in [0.717, 1.165) is 89.9 Å². The molecule has 1 aromatic rings. The molecule has 0 amide bonds. The second kappa shape index (κ2) is 29.3. The van der Waals surface area contributed by atoms with Crippen LogP contribution in [0.4, 0.5) is 0 Å². The first kappa shape index (κ1) is 54.1. The minimum absolute atomic E-state index is 0.00726. The van der Waals surface area contributed by atoms with Gasteiger partial charge in [0, 0.05) is 22.3 Å². The van der Waals surface area contributed by atoms with Gasteiger partial charge in [-0.2, -0.15) is 0 Å². The molecular weight excluding hydrogens is 789 g/mol. The minimum Gasteiger partial charge on any atom is -0.716 e. The lowest BCUT2D eigenvalue weighted by Crippen LogP contribution is -2.20. The maximum Gasteiger partial charge on any atom is 0.262 e. The minimum atomic E-state index is -4.70. The van der Waals surface area contributed by atoms with Crippen molar-refractivity contribution in [3.63, 3.8) is 0 Å². The Balaban J connectivity index is 1.57. The van der Waals surface area contributed by atoms with E-state index < -0.39 is 10.4 Å². The molecule has 1 aliphatic carbocycles. The SMILES string of the molecule is CC1=C(C/C=C(\C)CCC[C@H](C)CC/C=C(\C)CC/C=C(\C)CC/C=C(\C)CC/C=C(\C)CC/C=C(\C)CC/C=C(\C)CC/C=C(\C)OS(=O)(=O)[O-])C(=O)c2ccccc2C1=O. The van der Waals surface area contributed by atoms with Gasteiger partial charge >= 0.3 is 0 Å². The average Bonchev–Trinajstić information content (AvgIpc) is 3.19. The average molecular weight is 868 g/mol. The molecule has 0 aliphatic heterocycles. The maximum atomic E-state index is 13.0. The number of benzene rings is 1. The fourth-order valence-electron chi connectivity index (χ4n) is 7.70. The molecule has 1 aliphatic rings. The van der Waals surface area contributed by atoms with Crippen molar-refractivity contribution in [2.45, 2.75) is 185 Å². The topological polar surface area (TPSA) is 101 Å². The van der Waals surface area contributed by atoms with Gasteiger partial charge in [-0.15, -0.1) is 0 Å². The van der Waals surface area contributed by atoms with Gasteiger partial charge in [-0.05, 0) is 183 Å². The van der Waals surface area contributed by atoms with Crippen molar-refractivity contribution in [1.29, 1.82) is 0 Å². The van der Waals surface area contributed by atoms with Crippen LogP contribution in [0.25, 0.3) is 0 Å². The number of ketones is 2. The predicted octanol–water partition coefficient (Wildman–Crippen LogP) is 16.0. The van der Waals surface area contributed by atoms with Crippen LogP contribution in [0.1, 0.15) is 206 Å². The molecular formula is C55H79O6S-. The molecule has 7 heteroatoms. The molecule has 0 heterocycles. The molecule has 62 heavy (non-hydrogen) atoms. The van der Waals surface area contributed by atoms with Gasteiger partial charge in [0.05, 0.1) is 0 Å². The second-order valence-electron chi connectivity index (χ2n) is 18.0. The van der Waals surface area contributed by atoms with E-state index in [2.05, 4.69) is 102 Å². The van der Waals surface area contributed by atoms with E-state index in [1.165, 1.54) is 58.8 Å². The predicted molar refractivity (Wildman–Crippen MR) is 261 cm³/mol. The summed E-state index contributed by atoms with van der Waals surface area (Å²) < 4.78 is 36.3. The zero-order valence-electron chi connectivity index (χ0n) is 40.1. The van der Waals surface area contributed by atoms with Crippen molar-refractivity contribution >= 4 is 22.0 Å². The third-order valence-corrected chi connectivity index (χ3v) is 12.4.